The number of allylic oxidation sites excluding steroid dienone is 3. The molecule has 120 valence electrons. The smallest absolute Gasteiger partial charge is 0.263 e. The van der Waals surface area contributed by atoms with Crippen molar-refractivity contribution in [3.63, 3.8) is 0 Å². The molecule has 0 atom stereocenters. The highest BCUT2D eigenvalue weighted by atomic mass is 16.2. The lowest BCUT2D eigenvalue weighted by Gasteiger charge is -2.07. The van der Waals surface area contributed by atoms with E-state index in [0.29, 0.717) is 6.54 Å². The molecule has 0 unspecified atom stereocenters. The number of rotatable bonds is 6. The summed E-state index contributed by atoms with van der Waals surface area (Å²) in [5, 5.41) is 2.77. The Morgan fingerprint density at radius 2 is 1.91 bits per heavy atom. The van der Waals surface area contributed by atoms with Crippen molar-refractivity contribution in [1.29, 1.82) is 0 Å². The second kappa shape index (κ2) is 8.37. The van der Waals surface area contributed by atoms with Gasteiger partial charge in [-0.3, -0.25) is 9.59 Å². The lowest BCUT2D eigenvalue weighted by atomic mass is 10.1. The van der Waals surface area contributed by atoms with Gasteiger partial charge in [-0.25, -0.2) is 0 Å². The Labute approximate surface area is 132 Å². The molecule has 1 aromatic rings. The summed E-state index contributed by atoms with van der Waals surface area (Å²) in [5.74, 6) is -0.325. The summed E-state index contributed by atoms with van der Waals surface area (Å²) in [6.45, 7) is 8.50. The second-order valence-electron chi connectivity index (χ2n) is 5.83. The van der Waals surface area contributed by atoms with E-state index in [1.165, 1.54) is 15.7 Å². The molecule has 0 radical (unpaired) electrons. The first-order valence-electron chi connectivity index (χ1n) is 7.56. The topological polar surface area (TPSA) is 51.1 Å². The zero-order valence-electron chi connectivity index (χ0n) is 14.2. The van der Waals surface area contributed by atoms with E-state index in [0.717, 1.165) is 18.5 Å². The predicted octanol–water partition coefficient (Wildman–Crippen LogP) is 3.12. The summed E-state index contributed by atoms with van der Waals surface area (Å²) in [6, 6.07) is 3.36. The third kappa shape index (κ3) is 5.35. The van der Waals surface area contributed by atoms with Gasteiger partial charge >= 0.3 is 0 Å². The van der Waals surface area contributed by atoms with Gasteiger partial charge in [0.05, 0.1) is 0 Å². The number of nitrogens with zero attached hydrogens (tertiary/aromatic N) is 1. The average molecular weight is 302 g/mol. The molecule has 0 saturated heterocycles. The number of carbonyl (C=O) groups is 1. The van der Waals surface area contributed by atoms with Gasteiger partial charge in [0, 0.05) is 19.3 Å². The van der Waals surface area contributed by atoms with Gasteiger partial charge < -0.3 is 9.88 Å². The minimum absolute atomic E-state index is 0.184. The van der Waals surface area contributed by atoms with E-state index < -0.39 is 0 Å². The molecular weight excluding hydrogens is 276 g/mol. The number of hydrogen-bond donors (Lipinski definition) is 1. The van der Waals surface area contributed by atoms with Crippen LogP contribution in [0, 0.1) is 6.92 Å². The molecule has 1 rings (SSSR count). The van der Waals surface area contributed by atoms with Crippen molar-refractivity contribution in [2.45, 2.75) is 40.5 Å². The fraction of sp³-hybridized carbons (Fsp3) is 0.444. The van der Waals surface area contributed by atoms with Crippen LogP contribution in [0.15, 0.2) is 40.2 Å². The van der Waals surface area contributed by atoms with Crippen LogP contribution in [0.3, 0.4) is 0 Å². The fourth-order valence-electron chi connectivity index (χ4n) is 2.00. The van der Waals surface area contributed by atoms with E-state index in [1.54, 1.807) is 19.2 Å². The molecule has 0 aliphatic carbocycles. The van der Waals surface area contributed by atoms with Gasteiger partial charge in [-0.1, -0.05) is 23.3 Å². The standard InChI is InChI=1S/C18H26N2O2/c1-13(2)7-6-8-14(3)11-12-19-17(21)16-10-9-15(4)20(5)18(16)22/h7,9-11H,6,8,12H2,1-5H3,(H,19,21). The van der Waals surface area contributed by atoms with Gasteiger partial charge in [-0.2, -0.15) is 0 Å². The van der Waals surface area contributed by atoms with Crippen molar-refractivity contribution in [3.05, 3.63) is 57.0 Å². The average Bonchev–Trinajstić information content (AvgIpc) is 2.44. The summed E-state index contributed by atoms with van der Waals surface area (Å²) >= 11 is 0. The van der Waals surface area contributed by atoms with Crippen LogP contribution in [0.2, 0.25) is 0 Å². The molecule has 0 aromatic carbocycles. The van der Waals surface area contributed by atoms with Crippen LogP contribution < -0.4 is 10.9 Å². The van der Waals surface area contributed by atoms with E-state index in [2.05, 4.69) is 32.2 Å². The second-order valence-corrected chi connectivity index (χ2v) is 5.83. The van der Waals surface area contributed by atoms with Crippen LogP contribution >= 0.6 is 0 Å². The van der Waals surface area contributed by atoms with Gasteiger partial charge in [0.2, 0.25) is 0 Å². The molecule has 4 heteroatoms. The number of aryl methyl sites for hydroxylation is 1. The van der Waals surface area contributed by atoms with Crippen LogP contribution in [0.5, 0.6) is 0 Å². The summed E-state index contributed by atoms with van der Waals surface area (Å²) in [5.41, 5.74) is 3.30. The third-order valence-electron chi connectivity index (χ3n) is 3.60. The summed E-state index contributed by atoms with van der Waals surface area (Å²) in [6.07, 6.45) is 6.19. The largest absolute Gasteiger partial charge is 0.348 e. The zero-order chi connectivity index (χ0) is 16.7. The Balaban J connectivity index is 2.58. The minimum atomic E-state index is -0.325. The molecule has 22 heavy (non-hydrogen) atoms. The van der Waals surface area contributed by atoms with Crippen LogP contribution in [0.4, 0.5) is 0 Å². The monoisotopic (exact) mass is 302 g/mol. The Bertz CT molecular complexity index is 648. The van der Waals surface area contributed by atoms with Gasteiger partial charge in [0.25, 0.3) is 11.5 Å². The maximum absolute atomic E-state index is 12.1. The van der Waals surface area contributed by atoms with E-state index in [4.69, 9.17) is 0 Å². The summed E-state index contributed by atoms with van der Waals surface area (Å²) < 4.78 is 1.48. The van der Waals surface area contributed by atoms with Gasteiger partial charge in [-0.15, -0.1) is 0 Å². The molecule has 1 aromatic heterocycles. The first-order valence-corrected chi connectivity index (χ1v) is 7.56. The predicted molar refractivity (Wildman–Crippen MR) is 91.2 cm³/mol. The fourth-order valence-corrected chi connectivity index (χ4v) is 2.00. The lowest BCUT2D eigenvalue weighted by molar-refractivity contribution is 0.0956. The number of pyridine rings is 1. The first kappa shape index (κ1) is 18.0. The van der Waals surface area contributed by atoms with Crippen LogP contribution in [-0.4, -0.2) is 17.0 Å². The molecule has 1 heterocycles. The molecule has 0 fully saturated rings. The Kier molecular flexibility index (Phi) is 6.83. The number of nitrogens with one attached hydrogen (secondary N) is 1. The highest BCUT2D eigenvalue weighted by Gasteiger charge is 2.11. The Morgan fingerprint density at radius 3 is 2.55 bits per heavy atom. The van der Waals surface area contributed by atoms with E-state index >= 15 is 0 Å². The lowest BCUT2D eigenvalue weighted by Crippen LogP contribution is -2.32. The quantitative estimate of drug-likeness (QED) is 0.821. The number of amides is 1. The van der Waals surface area contributed by atoms with Crippen LogP contribution in [0.25, 0.3) is 0 Å². The Morgan fingerprint density at radius 1 is 1.23 bits per heavy atom. The van der Waals surface area contributed by atoms with Gasteiger partial charge in [0.15, 0.2) is 0 Å². The van der Waals surface area contributed by atoms with Crippen molar-refractivity contribution in [3.8, 4) is 0 Å². The van der Waals surface area contributed by atoms with Crippen LogP contribution in [0.1, 0.15) is 49.7 Å². The number of carbonyl (C=O) groups excluding carboxylic acids is 1. The van der Waals surface area contributed by atoms with Crippen LogP contribution in [-0.2, 0) is 7.05 Å². The summed E-state index contributed by atoms with van der Waals surface area (Å²) in [7, 11) is 1.67. The van der Waals surface area contributed by atoms with E-state index in [1.807, 2.05) is 13.0 Å². The van der Waals surface area contributed by atoms with Crippen molar-refractivity contribution in [1.82, 2.24) is 9.88 Å². The molecule has 1 N–H and O–H groups in total. The highest BCUT2D eigenvalue weighted by Crippen LogP contribution is 2.06. The maximum atomic E-state index is 12.1. The molecule has 0 spiro atoms. The minimum Gasteiger partial charge on any atom is -0.348 e. The molecular formula is C18H26N2O2. The van der Waals surface area contributed by atoms with Crippen molar-refractivity contribution in [2.75, 3.05) is 6.54 Å². The third-order valence-corrected chi connectivity index (χ3v) is 3.60. The van der Waals surface area contributed by atoms with Crippen molar-refractivity contribution >= 4 is 5.91 Å². The van der Waals surface area contributed by atoms with E-state index in [-0.39, 0.29) is 17.0 Å². The SMILES string of the molecule is CC(C)=CCCC(C)=CCNC(=O)c1ccc(C)n(C)c1=O. The van der Waals surface area contributed by atoms with Gasteiger partial charge in [-0.05, 0) is 52.7 Å². The van der Waals surface area contributed by atoms with Gasteiger partial charge in [0.1, 0.15) is 5.56 Å². The van der Waals surface area contributed by atoms with Crippen molar-refractivity contribution < 1.29 is 4.79 Å². The highest BCUT2D eigenvalue weighted by molar-refractivity contribution is 5.93. The zero-order valence-corrected chi connectivity index (χ0v) is 14.2. The van der Waals surface area contributed by atoms with E-state index in [9.17, 15) is 9.59 Å². The molecule has 0 aliphatic rings. The summed E-state index contributed by atoms with van der Waals surface area (Å²) in [4.78, 5) is 24.1. The number of hydrogen-bond acceptors (Lipinski definition) is 2. The Hall–Kier alpha value is -2.10. The molecule has 0 aliphatic heterocycles. The molecule has 0 bridgehead atoms. The molecule has 1 amide bonds. The van der Waals surface area contributed by atoms with Crippen molar-refractivity contribution in [2.24, 2.45) is 7.05 Å². The molecule has 0 saturated carbocycles. The molecule has 4 nitrogen and oxygen atoms in total. The maximum Gasteiger partial charge on any atom is 0.263 e. The first-order chi connectivity index (χ1) is 10.3. The number of aromatic nitrogens is 1. The normalized spacial score (nSPS) is 11.2.